The minimum absolute atomic E-state index is 0.106. The largest absolute Gasteiger partial charge is 0.480 e. The molecule has 0 bridgehead atoms. The lowest BCUT2D eigenvalue weighted by atomic mass is 9.83. The van der Waals surface area contributed by atoms with Crippen molar-refractivity contribution in [3.05, 3.63) is 0 Å². The Morgan fingerprint density at radius 1 is 1.19 bits per heavy atom. The lowest BCUT2D eigenvalue weighted by Crippen LogP contribution is -2.47. The first-order chi connectivity index (χ1) is 7.52. The van der Waals surface area contributed by atoms with Crippen LogP contribution in [0.1, 0.15) is 46.0 Å². The Balaban J connectivity index is 2.59. The molecular weight excluding hydrogens is 206 g/mol. The molecular formula is C12H21NO3. The summed E-state index contributed by atoms with van der Waals surface area (Å²) < 4.78 is 0. The first-order valence-electron chi connectivity index (χ1n) is 6.05. The molecule has 0 aromatic carbocycles. The zero-order chi connectivity index (χ0) is 12.1. The maximum absolute atomic E-state index is 11.5. The van der Waals surface area contributed by atoms with E-state index in [0.717, 1.165) is 25.7 Å². The van der Waals surface area contributed by atoms with Crippen molar-refractivity contribution in [2.45, 2.75) is 52.0 Å². The van der Waals surface area contributed by atoms with E-state index >= 15 is 0 Å². The molecule has 1 fully saturated rings. The van der Waals surface area contributed by atoms with E-state index in [0.29, 0.717) is 0 Å². The molecule has 1 aliphatic carbocycles. The zero-order valence-corrected chi connectivity index (χ0v) is 10.0. The fourth-order valence-corrected chi connectivity index (χ4v) is 2.17. The molecule has 4 heteroatoms. The lowest BCUT2D eigenvalue weighted by Gasteiger charge is -2.28. The van der Waals surface area contributed by atoms with Gasteiger partial charge in [0.25, 0.3) is 0 Å². The average Bonchev–Trinajstić information content (AvgIpc) is 2.26. The van der Waals surface area contributed by atoms with Crippen molar-refractivity contribution in [2.75, 3.05) is 0 Å². The number of carbonyl (C=O) groups excluding carboxylic acids is 1. The summed E-state index contributed by atoms with van der Waals surface area (Å²) in [7, 11) is 0. The van der Waals surface area contributed by atoms with Crippen molar-refractivity contribution >= 4 is 11.9 Å². The second kappa shape index (κ2) is 5.87. The van der Waals surface area contributed by atoms with Crippen LogP contribution in [0, 0.1) is 11.8 Å². The minimum atomic E-state index is -0.902. The minimum Gasteiger partial charge on any atom is -0.480 e. The van der Waals surface area contributed by atoms with Gasteiger partial charge in [-0.05, 0) is 18.8 Å². The Bertz CT molecular complexity index is 257. The Morgan fingerprint density at radius 2 is 1.75 bits per heavy atom. The van der Waals surface area contributed by atoms with Crippen LogP contribution in [0.15, 0.2) is 0 Å². The van der Waals surface area contributed by atoms with Crippen LogP contribution < -0.4 is 5.32 Å². The van der Waals surface area contributed by atoms with Crippen molar-refractivity contribution in [1.29, 1.82) is 0 Å². The number of rotatable bonds is 4. The molecule has 0 spiro atoms. The molecule has 0 aromatic rings. The third-order valence-corrected chi connectivity index (χ3v) is 3.21. The van der Waals surface area contributed by atoms with Gasteiger partial charge in [0.05, 0.1) is 0 Å². The van der Waals surface area contributed by atoms with Gasteiger partial charge in [0.2, 0.25) is 5.91 Å². The van der Waals surface area contributed by atoms with Crippen molar-refractivity contribution in [1.82, 2.24) is 5.32 Å². The van der Waals surface area contributed by atoms with E-state index < -0.39 is 12.0 Å². The van der Waals surface area contributed by atoms with Crippen LogP contribution in [0.4, 0.5) is 0 Å². The summed E-state index contributed by atoms with van der Waals surface area (Å²) in [6, 6.07) is -0.699. The predicted molar refractivity (Wildman–Crippen MR) is 61.0 cm³/mol. The summed E-state index contributed by atoms with van der Waals surface area (Å²) in [6.45, 7) is 3.55. The Morgan fingerprint density at radius 3 is 2.19 bits per heavy atom. The SMILES string of the molecule is CC(C)C(=O)N[C@H](C(=O)O)C1CCCCC1. The van der Waals surface area contributed by atoms with E-state index in [1.165, 1.54) is 6.42 Å². The highest BCUT2D eigenvalue weighted by Crippen LogP contribution is 2.26. The van der Waals surface area contributed by atoms with Crippen molar-refractivity contribution in [2.24, 2.45) is 11.8 Å². The molecule has 2 N–H and O–H groups in total. The first-order valence-corrected chi connectivity index (χ1v) is 6.05. The van der Waals surface area contributed by atoms with Gasteiger partial charge < -0.3 is 10.4 Å². The summed E-state index contributed by atoms with van der Waals surface area (Å²) in [5, 5.41) is 11.8. The fraction of sp³-hybridized carbons (Fsp3) is 0.833. The van der Waals surface area contributed by atoms with Crippen LogP contribution in [0.2, 0.25) is 0 Å². The molecule has 1 aliphatic rings. The van der Waals surface area contributed by atoms with E-state index in [4.69, 9.17) is 5.11 Å². The number of carboxylic acid groups (broad SMARTS) is 1. The molecule has 0 saturated heterocycles. The number of amides is 1. The lowest BCUT2D eigenvalue weighted by molar-refractivity contribution is -0.144. The van der Waals surface area contributed by atoms with E-state index in [9.17, 15) is 9.59 Å². The summed E-state index contributed by atoms with van der Waals surface area (Å²) in [5.74, 6) is -1.13. The summed E-state index contributed by atoms with van der Waals surface area (Å²) in [6.07, 6.45) is 5.16. The monoisotopic (exact) mass is 227 g/mol. The maximum atomic E-state index is 11.5. The van der Waals surface area contributed by atoms with Gasteiger partial charge in [0, 0.05) is 5.92 Å². The fourth-order valence-electron chi connectivity index (χ4n) is 2.17. The predicted octanol–water partition coefficient (Wildman–Crippen LogP) is 1.79. The Hall–Kier alpha value is -1.06. The quantitative estimate of drug-likeness (QED) is 0.769. The summed E-state index contributed by atoms with van der Waals surface area (Å²) in [5.41, 5.74) is 0. The molecule has 16 heavy (non-hydrogen) atoms. The number of aliphatic carboxylic acids is 1. The second-order valence-electron chi connectivity index (χ2n) is 4.88. The molecule has 0 aliphatic heterocycles. The third kappa shape index (κ3) is 3.51. The molecule has 1 atom stereocenters. The van der Waals surface area contributed by atoms with E-state index in [2.05, 4.69) is 5.32 Å². The molecule has 1 rings (SSSR count). The van der Waals surface area contributed by atoms with Crippen LogP contribution in [0.3, 0.4) is 0 Å². The molecule has 0 radical (unpaired) electrons. The van der Waals surface area contributed by atoms with Gasteiger partial charge >= 0.3 is 5.97 Å². The summed E-state index contributed by atoms with van der Waals surface area (Å²) >= 11 is 0. The van der Waals surface area contributed by atoms with Gasteiger partial charge in [-0.25, -0.2) is 4.79 Å². The number of carbonyl (C=O) groups is 2. The molecule has 0 unspecified atom stereocenters. The molecule has 1 saturated carbocycles. The van der Waals surface area contributed by atoms with Crippen LogP contribution >= 0.6 is 0 Å². The second-order valence-corrected chi connectivity index (χ2v) is 4.88. The molecule has 0 heterocycles. The Labute approximate surface area is 96.4 Å². The van der Waals surface area contributed by atoms with E-state index in [-0.39, 0.29) is 17.7 Å². The number of carboxylic acids is 1. The standard InChI is InChI=1S/C12H21NO3/c1-8(2)11(14)13-10(12(15)16)9-6-4-3-5-7-9/h8-10H,3-7H2,1-2H3,(H,13,14)(H,15,16)/t10-/m0/s1. The van der Waals surface area contributed by atoms with Crippen molar-refractivity contribution < 1.29 is 14.7 Å². The topological polar surface area (TPSA) is 66.4 Å². The highest BCUT2D eigenvalue weighted by molar-refractivity contribution is 5.84. The third-order valence-electron chi connectivity index (χ3n) is 3.21. The summed E-state index contributed by atoms with van der Waals surface area (Å²) in [4.78, 5) is 22.7. The van der Waals surface area contributed by atoms with E-state index in [1.54, 1.807) is 13.8 Å². The van der Waals surface area contributed by atoms with Gasteiger partial charge in [-0.2, -0.15) is 0 Å². The van der Waals surface area contributed by atoms with E-state index in [1.807, 2.05) is 0 Å². The molecule has 0 aromatic heterocycles. The number of nitrogens with one attached hydrogen (secondary N) is 1. The van der Waals surface area contributed by atoms with Crippen molar-refractivity contribution in [3.8, 4) is 0 Å². The van der Waals surface area contributed by atoms with Crippen molar-refractivity contribution in [3.63, 3.8) is 0 Å². The maximum Gasteiger partial charge on any atom is 0.326 e. The highest BCUT2D eigenvalue weighted by Gasteiger charge is 2.30. The average molecular weight is 227 g/mol. The van der Waals surface area contributed by atoms with Gasteiger partial charge in [-0.3, -0.25) is 4.79 Å². The Kier molecular flexibility index (Phi) is 4.77. The molecule has 1 amide bonds. The zero-order valence-electron chi connectivity index (χ0n) is 10.0. The molecule has 4 nitrogen and oxygen atoms in total. The van der Waals surface area contributed by atoms with Crippen LogP contribution in [-0.4, -0.2) is 23.0 Å². The van der Waals surface area contributed by atoms with Crippen LogP contribution in [0.25, 0.3) is 0 Å². The van der Waals surface area contributed by atoms with Gasteiger partial charge in [0.1, 0.15) is 6.04 Å². The number of hydrogen-bond acceptors (Lipinski definition) is 2. The first kappa shape index (κ1) is 13.0. The number of hydrogen-bond donors (Lipinski definition) is 2. The smallest absolute Gasteiger partial charge is 0.326 e. The van der Waals surface area contributed by atoms with Crippen LogP contribution in [0.5, 0.6) is 0 Å². The molecule has 92 valence electrons. The normalized spacial score (nSPS) is 19.4. The van der Waals surface area contributed by atoms with Crippen LogP contribution in [-0.2, 0) is 9.59 Å². The highest BCUT2D eigenvalue weighted by atomic mass is 16.4. The van der Waals surface area contributed by atoms with Gasteiger partial charge in [-0.1, -0.05) is 33.1 Å². The van der Waals surface area contributed by atoms with Gasteiger partial charge in [-0.15, -0.1) is 0 Å². The van der Waals surface area contributed by atoms with Gasteiger partial charge in [0.15, 0.2) is 0 Å².